The summed E-state index contributed by atoms with van der Waals surface area (Å²) in [6.45, 7) is 5.57. The van der Waals surface area contributed by atoms with E-state index in [1.54, 1.807) is 42.5 Å². The molecule has 0 radical (unpaired) electrons. The van der Waals surface area contributed by atoms with Crippen molar-refractivity contribution in [1.29, 1.82) is 0 Å². The molecule has 0 saturated heterocycles. The summed E-state index contributed by atoms with van der Waals surface area (Å²) in [7, 11) is -3.65. The van der Waals surface area contributed by atoms with Crippen molar-refractivity contribution in [3.63, 3.8) is 0 Å². The van der Waals surface area contributed by atoms with Gasteiger partial charge in [-0.3, -0.25) is 4.79 Å². The van der Waals surface area contributed by atoms with Crippen LogP contribution in [0, 0.1) is 0 Å². The van der Waals surface area contributed by atoms with E-state index >= 15 is 0 Å². The van der Waals surface area contributed by atoms with Gasteiger partial charge in [0, 0.05) is 22.6 Å². The molecule has 0 aliphatic heterocycles. The maximum absolute atomic E-state index is 12.5. The first-order chi connectivity index (χ1) is 10.8. The van der Waals surface area contributed by atoms with Gasteiger partial charge in [-0.15, -0.1) is 6.58 Å². The molecule has 4 nitrogen and oxygen atoms in total. The van der Waals surface area contributed by atoms with E-state index in [2.05, 4.69) is 6.58 Å². The van der Waals surface area contributed by atoms with Gasteiger partial charge in [0.1, 0.15) is 5.75 Å². The van der Waals surface area contributed by atoms with Crippen LogP contribution in [0.1, 0.15) is 34.3 Å². The summed E-state index contributed by atoms with van der Waals surface area (Å²) < 4.78 is 27.8. The summed E-state index contributed by atoms with van der Waals surface area (Å²) in [5, 5.41) is 0. The lowest BCUT2D eigenvalue weighted by molar-refractivity contribution is 0.103. The van der Waals surface area contributed by atoms with Crippen LogP contribution in [0.4, 0.5) is 0 Å². The molecule has 5 heteroatoms. The lowest BCUT2D eigenvalue weighted by Gasteiger charge is -2.14. The van der Waals surface area contributed by atoms with Crippen molar-refractivity contribution >= 4 is 15.9 Å². The third kappa shape index (κ3) is 4.29. The molecule has 2 aromatic rings. The largest absolute Gasteiger partial charge is 0.382 e. The summed E-state index contributed by atoms with van der Waals surface area (Å²) in [6, 6.07) is 13.6. The maximum atomic E-state index is 12.5. The van der Waals surface area contributed by atoms with Crippen molar-refractivity contribution in [2.45, 2.75) is 12.8 Å². The van der Waals surface area contributed by atoms with Crippen molar-refractivity contribution in [3.05, 3.63) is 77.9 Å². The van der Waals surface area contributed by atoms with E-state index in [-0.39, 0.29) is 17.5 Å². The average Bonchev–Trinajstić information content (AvgIpc) is 2.53. The molecular weight excluding hydrogens is 312 g/mol. The number of benzene rings is 2. The van der Waals surface area contributed by atoms with E-state index < -0.39 is 10.1 Å². The number of hydrogen-bond acceptors (Lipinski definition) is 4. The number of allylic oxidation sites excluding steroid dienone is 1. The Hall–Kier alpha value is -2.40. The van der Waals surface area contributed by atoms with Crippen LogP contribution in [-0.4, -0.2) is 20.5 Å². The number of rotatable bonds is 6. The van der Waals surface area contributed by atoms with Crippen molar-refractivity contribution in [3.8, 4) is 5.75 Å². The topological polar surface area (TPSA) is 60.4 Å². The predicted octanol–water partition coefficient (Wildman–Crippen LogP) is 3.55. The van der Waals surface area contributed by atoms with Gasteiger partial charge in [0.05, 0.1) is 6.26 Å². The van der Waals surface area contributed by atoms with Gasteiger partial charge in [0.15, 0.2) is 5.78 Å². The van der Waals surface area contributed by atoms with Crippen molar-refractivity contribution < 1.29 is 17.4 Å². The van der Waals surface area contributed by atoms with Crippen LogP contribution in [0.15, 0.2) is 61.2 Å². The number of carbonyl (C=O) groups excluding carboxylic acids is 1. The van der Waals surface area contributed by atoms with Crippen LogP contribution in [0.3, 0.4) is 0 Å². The van der Waals surface area contributed by atoms with E-state index in [1.165, 1.54) is 6.07 Å². The average molecular weight is 330 g/mol. The van der Waals surface area contributed by atoms with Crippen LogP contribution >= 0.6 is 0 Å². The van der Waals surface area contributed by atoms with Crippen molar-refractivity contribution in [1.82, 2.24) is 0 Å². The van der Waals surface area contributed by atoms with E-state index in [0.29, 0.717) is 16.7 Å². The molecule has 0 aliphatic rings. The van der Waals surface area contributed by atoms with Crippen LogP contribution in [0.25, 0.3) is 0 Å². The van der Waals surface area contributed by atoms with Crippen LogP contribution in [0.5, 0.6) is 5.75 Å². The molecule has 23 heavy (non-hydrogen) atoms. The van der Waals surface area contributed by atoms with Gasteiger partial charge in [-0.1, -0.05) is 43.3 Å². The monoisotopic (exact) mass is 330 g/mol. The molecule has 1 unspecified atom stereocenters. The molecular formula is C18H18O4S. The van der Waals surface area contributed by atoms with Gasteiger partial charge >= 0.3 is 10.1 Å². The standard InChI is InChI=1S/C18H18O4S/c1-4-13(2)16-12-15(10-11-17(16)22-23(3,20)21)18(19)14-8-6-5-7-9-14/h4-13H,1H2,2-3H3. The van der Waals surface area contributed by atoms with Gasteiger partial charge in [-0.05, 0) is 18.2 Å². The first-order valence-electron chi connectivity index (χ1n) is 7.07. The molecule has 120 valence electrons. The second kappa shape index (κ2) is 6.79. The molecule has 2 rings (SSSR count). The molecule has 0 bridgehead atoms. The molecule has 0 fully saturated rings. The van der Waals surface area contributed by atoms with E-state index in [0.717, 1.165) is 6.26 Å². The SMILES string of the molecule is C=CC(C)c1cc(C(=O)c2ccccc2)ccc1OS(C)(=O)=O. The number of ketones is 1. The fraction of sp³-hybridized carbons (Fsp3) is 0.167. The third-order valence-electron chi connectivity index (χ3n) is 3.39. The van der Waals surface area contributed by atoms with E-state index in [9.17, 15) is 13.2 Å². The molecule has 0 aliphatic carbocycles. The summed E-state index contributed by atoms with van der Waals surface area (Å²) in [6.07, 6.45) is 2.65. The predicted molar refractivity (Wildman–Crippen MR) is 90.4 cm³/mol. The van der Waals surface area contributed by atoms with Crippen LogP contribution in [0.2, 0.25) is 0 Å². The zero-order valence-corrected chi connectivity index (χ0v) is 13.8. The van der Waals surface area contributed by atoms with Gasteiger partial charge in [-0.2, -0.15) is 8.42 Å². The molecule has 0 amide bonds. The van der Waals surface area contributed by atoms with Crippen molar-refractivity contribution in [2.24, 2.45) is 0 Å². The summed E-state index contributed by atoms with van der Waals surface area (Å²) in [5.41, 5.74) is 1.65. The normalized spacial score (nSPS) is 12.4. The Morgan fingerprint density at radius 3 is 2.35 bits per heavy atom. The van der Waals surface area contributed by atoms with E-state index in [4.69, 9.17) is 4.18 Å². The fourth-order valence-corrected chi connectivity index (χ4v) is 2.65. The smallest absolute Gasteiger partial charge is 0.306 e. The molecule has 0 N–H and O–H groups in total. The van der Waals surface area contributed by atoms with Crippen molar-refractivity contribution in [2.75, 3.05) is 6.26 Å². The highest BCUT2D eigenvalue weighted by molar-refractivity contribution is 7.86. The summed E-state index contributed by atoms with van der Waals surface area (Å²) in [4.78, 5) is 12.5. The minimum absolute atomic E-state index is 0.131. The summed E-state index contributed by atoms with van der Waals surface area (Å²) >= 11 is 0. The quantitative estimate of drug-likeness (QED) is 0.462. The Kier molecular flexibility index (Phi) is 5.01. The Labute approximate surface area is 136 Å². The second-order valence-electron chi connectivity index (χ2n) is 5.26. The fourth-order valence-electron chi connectivity index (χ4n) is 2.17. The first-order valence-corrected chi connectivity index (χ1v) is 8.89. The highest BCUT2D eigenvalue weighted by atomic mass is 32.2. The zero-order valence-electron chi connectivity index (χ0n) is 13.0. The maximum Gasteiger partial charge on any atom is 0.306 e. The van der Waals surface area contributed by atoms with Gasteiger partial charge in [0.25, 0.3) is 0 Å². The second-order valence-corrected chi connectivity index (χ2v) is 6.83. The minimum Gasteiger partial charge on any atom is -0.382 e. The third-order valence-corrected chi connectivity index (χ3v) is 3.88. The van der Waals surface area contributed by atoms with Crippen LogP contribution < -0.4 is 4.18 Å². The highest BCUT2D eigenvalue weighted by Gasteiger charge is 2.17. The lowest BCUT2D eigenvalue weighted by atomic mass is 9.95. The number of hydrogen-bond donors (Lipinski definition) is 0. The molecule has 0 heterocycles. The van der Waals surface area contributed by atoms with E-state index in [1.807, 2.05) is 13.0 Å². The molecule has 0 spiro atoms. The number of carbonyl (C=O) groups is 1. The Balaban J connectivity index is 2.48. The molecule has 2 aromatic carbocycles. The molecule has 0 aromatic heterocycles. The minimum atomic E-state index is -3.65. The Bertz CT molecular complexity index is 823. The molecule has 1 atom stereocenters. The summed E-state index contributed by atoms with van der Waals surface area (Å²) in [5.74, 6) is -0.0752. The zero-order chi connectivity index (χ0) is 17.0. The van der Waals surface area contributed by atoms with Gasteiger partial charge < -0.3 is 4.18 Å². The molecule has 0 saturated carbocycles. The highest BCUT2D eigenvalue weighted by Crippen LogP contribution is 2.30. The Morgan fingerprint density at radius 2 is 1.78 bits per heavy atom. The van der Waals surface area contributed by atoms with Gasteiger partial charge in [-0.25, -0.2) is 0 Å². The first kappa shape index (κ1) is 17.0. The van der Waals surface area contributed by atoms with Crippen LogP contribution in [-0.2, 0) is 10.1 Å². The Morgan fingerprint density at radius 1 is 1.13 bits per heavy atom. The lowest BCUT2D eigenvalue weighted by Crippen LogP contribution is -2.10. The van der Waals surface area contributed by atoms with Gasteiger partial charge in [0.2, 0.25) is 0 Å².